The van der Waals surface area contributed by atoms with E-state index >= 15 is 0 Å². The quantitative estimate of drug-likeness (QED) is 0.211. The molecular weight excluding hydrogens is 542 g/mol. The number of rotatable bonds is 9. The third kappa shape index (κ3) is 7.90. The number of aromatic nitrogens is 1. The molecule has 0 bridgehead atoms. The maximum Gasteiger partial charge on any atom is 0.327 e. The number of nitrogens with one attached hydrogen (secondary N) is 1. The average molecular weight is 577 g/mol. The maximum absolute atomic E-state index is 11.6. The second-order valence-corrected chi connectivity index (χ2v) is 11.0. The number of esters is 1. The minimum Gasteiger partial charge on any atom is -1.00 e. The highest BCUT2D eigenvalue weighted by Gasteiger charge is 2.41. The van der Waals surface area contributed by atoms with Gasteiger partial charge in [0.2, 0.25) is 10.0 Å². The largest absolute Gasteiger partial charge is 1.00 e. The third-order valence-corrected chi connectivity index (χ3v) is 6.69. The van der Waals surface area contributed by atoms with Crippen molar-refractivity contribution in [2.45, 2.75) is 65.3 Å². The van der Waals surface area contributed by atoms with Crippen LogP contribution in [0.5, 0.6) is 0 Å². The van der Waals surface area contributed by atoms with Crippen LogP contribution in [-0.4, -0.2) is 33.0 Å². The number of aryl methyl sites for hydroxylation is 1. The van der Waals surface area contributed by atoms with Gasteiger partial charge in [0, 0.05) is 17.7 Å². The summed E-state index contributed by atoms with van der Waals surface area (Å²) in [4.78, 5) is 16.4. The van der Waals surface area contributed by atoms with Crippen LogP contribution in [0.2, 0.25) is 0 Å². The molecule has 36 heavy (non-hydrogen) atoms. The standard InChI is InChI=1S/C27H34N3O4S.BrH/c1-6-34-25(31)10-8-7-9-17-30-19-22(18-24-26(30)28-20(2)27(24,3)4)12-11-21-13-15-23(16-14-21)29-35(5,32)33;/h13-16,18-19,29H,6-10,17H2,1-5H3;1H/q+1;/p-1. The molecule has 0 saturated heterocycles. The summed E-state index contributed by atoms with van der Waals surface area (Å²) in [7, 11) is -3.31. The van der Waals surface area contributed by atoms with Crippen LogP contribution in [0.25, 0.3) is 0 Å². The molecule has 2 aromatic rings. The van der Waals surface area contributed by atoms with E-state index in [1.165, 1.54) is 0 Å². The summed E-state index contributed by atoms with van der Waals surface area (Å²) in [5.74, 6) is 7.27. The van der Waals surface area contributed by atoms with E-state index in [1.54, 1.807) is 24.3 Å². The number of unbranched alkanes of at least 4 members (excludes halogenated alkanes) is 2. The van der Waals surface area contributed by atoms with E-state index in [1.807, 2.05) is 13.1 Å². The highest BCUT2D eigenvalue weighted by atomic mass is 79.9. The molecule has 9 heteroatoms. The first-order chi connectivity index (χ1) is 16.5. The number of halogens is 1. The van der Waals surface area contributed by atoms with E-state index in [-0.39, 0.29) is 28.4 Å². The number of nitrogens with zero attached hydrogens (tertiary/aromatic N) is 2. The molecule has 1 aliphatic heterocycles. The van der Waals surface area contributed by atoms with Gasteiger partial charge in [0.15, 0.2) is 0 Å². The molecule has 0 atom stereocenters. The Morgan fingerprint density at radius 2 is 1.78 bits per heavy atom. The summed E-state index contributed by atoms with van der Waals surface area (Å²) < 4.78 is 32.4. The van der Waals surface area contributed by atoms with Crippen molar-refractivity contribution in [3.63, 3.8) is 0 Å². The molecular formula is C27H34BrN3O4S. The number of sulfonamides is 1. The van der Waals surface area contributed by atoms with Crippen LogP contribution in [0.4, 0.5) is 11.5 Å². The summed E-state index contributed by atoms with van der Waals surface area (Å²) in [5, 5.41) is 0. The normalized spacial score (nSPS) is 13.5. The van der Waals surface area contributed by atoms with E-state index in [0.717, 1.165) is 60.3 Å². The zero-order chi connectivity index (χ0) is 25.6. The van der Waals surface area contributed by atoms with Gasteiger partial charge >= 0.3 is 11.8 Å². The molecule has 0 radical (unpaired) electrons. The fourth-order valence-corrected chi connectivity index (χ4v) is 4.46. The molecule has 7 nitrogen and oxygen atoms in total. The molecule has 0 saturated carbocycles. The van der Waals surface area contributed by atoms with Gasteiger partial charge in [0.1, 0.15) is 11.9 Å². The smallest absolute Gasteiger partial charge is 0.327 e. The lowest BCUT2D eigenvalue weighted by molar-refractivity contribution is -0.685. The van der Waals surface area contributed by atoms with Gasteiger partial charge in [-0.05, 0) is 82.3 Å². The maximum atomic E-state index is 11.6. The number of ether oxygens (including phenoxy) is 1. The van der Waals surface area contributed by atoms with Crippen LogP contribution in [0.3, 0.4) is 0 Å². The minimum atomic E-state index is -3.31. The summed E-state index contributed by atoms with van der Waals surface area (Å²) in [6, 6.07) is 9.10. The summed E-state index contributed by atoms with van der Waals surface area (Å²) >= 11 is 0. The van der Waals surface area contributed by atoms with E-state index < -0.39 is 10.0 Å². The van der Waals surface area contributed by atoms with E-state index in [9.17, 15) is 13.2 Å². The number of fused-ring (bicyclic) bond motifs is 1. The Labute approximate surface area is 225 Å². The molecule has 0 fully saturated rings. The number of hydrogen-bond donors (Lipinski definition) is 1. The first-order valence-electron chi connectivity index (χ1n) is 11.9. The van der Waals surface area contributed by atoms with Crippen LogP contribution in [0, 0.1) is 11.8 Å². The number of hydrogen-bond acceptors (Lipinski definition) is 5. The molecule has 1 N–H and O–H groups in total. The van der Waals surface area contributed by atoms with Crippen molar-refractivity contribution in [3.8, 4) is 11.8 Å². The summed E-state index contributed by atoms with van der Waals surface area (Å²) in [5.41, 5.74) is 4.25. The van der Waals surface area contributed by atoms with Crippen molar-refractivity contribution in [2.24, 2.45) is 4.99 Å². The Morgan fingerprint density at radius 3 is 2.42 bits per heavy atom. The zero-order valence-electron chi connectivity index (χ0n) is 21.5. The van der Waals surface area contributed by atoms with Crippen molar-refractivity contribution < 1.29 is 39.5 Å². The minimum absolute atomic E-state index is 0. The Morgan fingerprint density at radius 1 is 1.11 bits per heavy atom. The number of benzene rings is 1. The van der Waals surface area contributed by atoms with E-state index in [2.05, 4.69) is 48.0 Å². The lowest BCUT2D eigenvalue weighted by atomic mass is 9.82. The van der Waals surface area contributed by atoms with Gasteiger partial charge in [0.05, 0.1) is 35.9 Å². The lowest BCUT2D eigenvalue weighted by Gasteiger charge is -2.16. The fraction of sp³-hybridized carbons (Fsp3) is 0.444. The van der Waals surface area contributed by atoms with Crippen LogP contribution < -0.4 is 26.3 Å². The first kappa shape index (κ1) is 29.5. The van der Waals surface area contributed by atoms with Crippen molar-refractivity contribution in [1.82, 2.24) is 0 Å². The fourth-order valence-electron chi connectivity index (χ4n) is 3.90. The Hall–Kier alpha value is -2.70. The van der Waals surface area contributed by atoms with Crippen molar-refractivity contribution in [1.29, 1.82) is 0 Å². The van der Waals surface area contributed by atoms with Gasteiger partial charge in [0.25, 0.3) is 0 Å². The van der Waals surface area contributed by atoms with Crippen molar-refractivity contribution in [3.05, 3.63) is 53.2 Å². The number of aliphatic imine (C=N–C) groups is 1. The number of anilines is 1. The molecule has 0 aliphatic carbocycles. The molecule has 1 aliphatic rings. The Bertz CT molecular complexity index is 1290. The molecule has 2 heterocycles. The number of pyridine rings is 1. The monoisotopic (exact) mass is 575 g/mol. The molecule has 0 amide bonds. The van der Waals surface area contributed by atoms with Crippen molar-refractivity contribution >= 4 is 33.2 Å². The van der Waals surface area contributed by atoms with Gasteiger partial charge in [-0.2, -0.15) is 0 Å². The van der Waals surface area contributed by atoms with Crippen LogP contribution >= 0.6 is 0 Å². The van der Waals surface area contributed by atoms with Gasteiger partial charge in [-0.15, -0.1) is 0 Å². The third-order valence-electron chi connectivity index (χ3n) is 6.08. The summed E-state index contributed by atoms with van der Waals surface area (Å²) in [6.07, 6.45) is 6.27. The second-order valence-electron chi connectivity index (χ2n) is 9.30. The van der Waals surface area contributed by atoms with Gasteiger partial charge in [-0.1, -0.05) is 11.8 Å². The number of carbonyl (C=O) groups is 1. The molecule has 1 aromatic carbocycles. The molecule has 0 unspecified atom stereocenters. The number of carbonyl (C=O) groups excluding carboxylic acids is 1. The second kappa shape index (κ2) is 12.5. The SMILES string of the molecule is CCOC(=O)CCCCC[n+]1cc(C#Cc2ccc(NS(C)(=O)=O)cc2)cc2c1N=C(C)C2(C)C.[Br-]. The highest BCUT2D eigenvalue weighted by molar-refractivity contribution is 7.92. The predicted molar refractivity (Wildman–Crippen MR) is 138 cm³/mol. The zero-order valence-corrected chi connectivity index (χ0v) is 23.9. The van der Waals surface area contributed by atoms with Gasteiger partial charge in [-0.25, -0.2) is 13.0 Å². The molecule has 0 spiro atoms. The van der Waals surface area contributed by atoms with Gasteiger partial charge < -0.3 is 21.7 Å². The molecule has 1 aromatic heterocycles. The predicted octanol–water partition coefficient (Wildman–Crippen LogP) is 1.26. The highest BCUT2D eigenvalue weighted by Crippen LogP contribution is 2.38. The lowest BCUT2D eigenvalue weighted by Crippen LogP contribution is -3.00. The molecule has 194 valence electrons. The van der Waals surface area contributed by atoms with Crippen LogP contribution in [-0.2, 0) is 31.5 Å². The van der Waals surface area contributed by atoms with E-state index in [4.69, 9.17) is 9.73 Å². The van der Waals surface area contributed by atoms with Crippen molar-refractivity contribution in [2.75, 3.05) is 17.6 Å². The van der Waals surface area contributed by atoms with Crippen LogP contribution in [0.15, 0.2) is 41.5 Å². The van der Waals surface area contributed by atoms with Crippen LogP contribution in [0.1, 0.15) is 70.1 Å². The Kier molecular flexibility index (Phi) is 10.3. The first-order valence-corrected chi connectivity index (χ1v) is 13.8. The van der Waals surface area contributed by atoms with Gasteiger partial charge in [-0.3, -0.25) is 9.52 Å². The topological polar surface area (TPSA) is 88.7 Å². The van der Waals surface area contributed by atoms with E-state index in [0.29, 0.717) is 18.7 Å². The Balaban J connectivity index is 0.00000456. The molecule has 3 rings (SSSR count). The summed E-state index contributed by atoms with van der Waals surface area (Å²) in [6.45, 7) is 9.43. The average Bonchev–Trinajstić information content (AvgIpc) is 3.01.